The summed E-state index contributed by atoms with van der Waals surface area (Å²) < 4.78 is 13.0. The van der Waals surface area contributed by atoms with E-state index in [0.29, 0.717) is 0 Å². The molecule has 0 radical (unpaired) electrons. The van der Waals surface area contributed by atoms with Crippen molar-refractivity contribution >= 4 is 11.6 Å². The summed E-state index contributed by atoms with van der Waals surface area (Å²) in [6.45, 7) is 1.01. The van der Waals surface area contributed by atoms with E-state index < -0.39 is 5.82 Å². The molecule has 1 aromatic carbocycles. The lowest BCUT2D eigenvalue weighted by molar-refractivity contribution is 0.353. The molecule has 0 amide bonds. The maximum atomic E-state index is 13.0. The van der Waals surface area contributed by atoms with Gasteiger partial charge in [-0.1, -0.05) is 24.1 Å². The molecule has 88 valence electrons. The zero-order chi connectivity index (χ0) is 11.5. The summed E-state index contributed by atoms with van der Waals surface area (Å²) in [5, 5.41) is 3.53. The molecule has 2 unspecified atom stereocenters. The summed E-state index contributed by atoms with van der Waals surface area (Å²) in [5.74, 6) is -0.394. The van der Waals surface area contributed by atoms with Crippen LogP contribution in [0, 0.1) is 5.82 Å². The topological polar surface area (TPSA) is 38.0 Å². The van der Waals surface area contributed by atoms with E-state index in [9.17, 15) is 4.39 Å². The molecule has 1 heterocycles. The van der Waals surface area contributed by atoms with Gasteiger partial charge in [-0.25, -0.2) is 4.39 Å². The van der Waals surface area contributed by atoms with Crippen molar-refractivity contribution < 1.29 is 4.39 Å². The van der Waals surface area contributed by atoms with Crippen LogP contribution in [0.1, 0.15) is 30.9 Å². The van der Waals surface area contributed by atoms with E-state index in [4.69, 9.17) is 17.3 Å². The Morgan fingerprint density at radius 1 is 1.44 bits per heavy atom. The molecule has 0 bridgehead atoms. The minimum Gasteiger partial charge on any atom is -0.323 e. The highest BCUT2D eigenvalue weighted by molar-refractivity contribution is 6.30. The minimum atomic E-state index is -0.394. The van der Waals surface area contributed by atoms with Gasteiger partial charge in [-0.15, -0.1) is 0 Å². The quantitative estimate of drug-likeness (QED) is 0.837. The van der Waals surface area contributed by atoms with E-state index in [2.05, 4.69) is 5.32 Å². The molecule has 4 heteroatoms. The molecule has 3 N–H and O–H groups in total. The van der Waals surface area contributed by atoms with Crippen LogP contribution in [0.5, 0.6) is 0 Å². The first kappa shape index (κ1) is 11.8. The molecular formula is C12H16ClFN2. The highest BCUT2D eigenvalue weighted by Crippen LogP contribution is 2.24. The number of piperidine rings is 1. The molecule has 0 aliphatic carbocycles. The predicted octanol–water partition coefficient (Wildman–Crippen LogP) is 2.62. The molecular weight excluding hydrogens is 227 g/mol. The molecule has 16 heavy (non-hydrogen) atoms. The first-order chi connectivity index (χ1) is 7.68. The lowest BCUT2D eigenvalue weighted by atomic mass is 9.93. The number of rotatable bonds is 2. The van der Waals surface area contributed by atoms with Crippen LogP contribution in [0.2, 0.25) is 5.02 Å². The predicted molar refractivity (Wildman–Crippen MR) is 64.0 cm³/mol. The van der Waals surface area contributed by atoms with Gasteiger partial charge in [-0.2, -0.15) is 0 Å². The zero-order valence-electron chi connectivity index (χ0n) is 9.05. The number of nitrogens with one attached hydrogen (secondary N) is 1. The number of benzene rings is 1. The smallest absolute Gasteiger partial charge is 0.141 e. The van der Waals surface area contributed by atoms with E-state index in [0.717, 1.165) is 18.5 Å². The van der Waals surface area contributed by atoms with Gasteiger partial charge in [0.05, 0.1) is 5.02 Å². The number of nitrogens with two attached hydrogens (primary N) is 1. The lowest BCUT2D eigenvalue weighted by Gasteiger charge is -2.29. The van der Waals surface area contributed by atoms with Crippen LogP contribution >= 0.6 is 11.6 Å². The van der Waals surface area contributed by atoms with E-state index in [1.807, 2.05) is 0 Å². The van der Waals surface area contributed by atoms with Crippen LogP contribution < -0.4 is 11.1 Å². The molecule has 0 aromatic heterocycles. The molecule has 0 spiro atoms. The number of hydrogen-bond donors (Lipinski definition) is 2. The standard InChI is InChI=1S/C12H16ClFN2/c13-9-7-8(4-5-10(9)14)12(15)11-3-1-2-6-16-11/h4-5,7,11-12,16H,1-3,6,15H2. The van der Waals surface area contributed by atoms with Gasteiger partial charge in [-0.3, -0.25) is 0 Å². The summed E-state index contributed by atoms with van der Waals surface area (Å²) >= 11 is 5.75. The second-order valence-electron chi connectivity index (χ2n) is 4.26. The third-order valence-electron chi connectivity index (χ3n) is 3.11. The fourth-order valence-electron chi connectivity index (χ4n) is 2.14. The van der Waals surface area contributed by atoms with Crippen molar-refractivity contribution in [1.29, 1.82) is 0 Å². The molecule has 0 saturated carbocycles. The molecule has 1 aromatic rings. The van der Waals surface area contributed by atoms with Crippen LogP contribution in [-0.4, -0.2) is 12.6 Å². The first-order valence-electron chi connectivity index (χ1n) is 5.62. The van der Waals surface area contributed by atoms with Crippen LogP contribution in [0.15, 0.2) is 18.2 Å². The normalized spacial score (nSPS) is 23.1. The Kier molecular flexibility index (Phi) is 3.79. The van der Waals surface area contributed by atoms with Crippen molar-refractivity contribution in [2.24, 2.45) is 5.73 Å². The molecule has 1 aliphatic rings. The SMILES string of the molecule is NC(c1ccc(F)c(Cl)c1)C1CCCCN1. The summed E-state index contributed by atoms with van der Waals surface area (Å²) in [4.78, 5) is 0. The van der Waals surface area contributed by atoms with Crippen molar-refractivity contribution in [3.63, 3.8) is 0 Å². The summed E-state index contributed by atoms with van der Waals surface area (Å²) in [6, 6.07) is 4.87. The third kappa shape index (κ3) is 2.54. The Bertz CT molecular complexity index is 364. The Balaban J connectivity index is 2.12. The van der Waals surface area contributed by atoms with Crippen LogP contribution in [-0.2, 0) is 0 Å². The van der Waals surface area contributed by atoms with Crippen LogP contribution in [0.3, 0.4) is 0 Å². The summed E-state index contributed by atoms with van der Waals surface area (Å²) in [7, 11) is 0. The van der Waals surface area contributed by atoms with Crippen LogP contribution in [0.25, 0.3) is 0 Å². The van der Waals surface area contributed by atoms with E-state index in [1.54, 1.807) is 12.1 Å². The highest BCUT2D eigenvalue weighted by atomic mass is 35.5. The van der Waals surface area contributed by atoms with E-state index >= 15 is 0 Å². The highest BCUT2D eigenvalue weighted by Gasteiger charge is 2.21. The molecule has 1 fully saturated rings. The molecule has 2 rings (SSSR count). The fourth-order valence-corrected chi connectivity index (χ4v) is 2.33. The van der Waals surface area contributed by atoms with E-state index in [1.165, 1.54) is 18.9 Å². The van der Waals surface area contributed by atoms with Gasteiger partial charge >= 0.3 is 0 Å². The number of hydrogen-bond acceptors (Lipinski definition) is 2. The largest absolute Gasteiger partial charge is 0.323 e. The Morgan fingerprint density at radius 3 is 2.88 bits per heavy atom. The van der Waals surface area contributed by atoms with Crippen molar-refractivity contribution in [2.75, 3.05) is 6.54 Å². The van der Waals surface area contributed by atoms with Gasteiger partial charge in [0.15, 0.2) is 0 Å². The fraction of sp³-hybridized carbons (Fsp3) is 0.500. The number of halogens is 2. The van der Waals surface area contributed by atoms with Crippen molar-refractivity contribution in [1.82, 2.24) is 5.32 Å². The minimum absolute atomic E-state index is 0.113. The van der Waals surface area contributed by atoms with Gasteiger partial charge in [0.25, 0.3) is 0 Å². The van der Waals surface area contributed by atoms with Gasteiger partial charge in [0.2, 0.25) is 0 Å². The molecule has 2 nitrogen and oxygen atoms in total. The van der Waals surface area contributed by atoms with Crippen molar-refractivity contribution in [2.45, 2.75) is 31.3 Å². The van der Waals surface area contributed by atoms with Gasteiger partial charge in [0, 0.05) is 12.1 Å². The molecule has 1 saturated heterocycles. The van der Waals surface area contributed by atoms with Gasteiger partial charge in [-0.05, 0) is 37.1 Å². The Labute approximate surface area is 100.0 Å². The lowest BCUT2D eigenvalue weighted by Crippen LogP contribution is -2.42. The van der Waals surface area contributed by atoms with Crippen molar-refractivity contribution in [3.05, 3.63) is 34.6 Å². The molecule has 2 atom stereocenters. The van der Waals surface area contributed by atoms with Crippen molar-refractivity contribution in [3.8, 4) is 0 Å². The summed E-state index contributed by atoms with van der Waals surface area (Å²) in [5.41, 5.74) is 7.04. The van der Waals surface area contributed by atoms with Gasteiger partial charge < -0.3 is 11.1 Å². The first-order valence-corrected chi connectivity index (χ1v) is 6.00. The average molecular weight is 243 g/mol. The summed E-state index contributed by atoms with van der Waals surface area (Å²) in [6.07, 6.45) is 3.46. The maximum absolute atomic E-state index is 13.0. The monoisotopic (exact) mass is 242 g/mol. The van der Waals surface area contributed by atoms with E-state index in [-0.39, 0.29) is 17.1 Å². The van der Waals surface area contributed by atoms with Crippen LogP contribution in [0.4, 0.5) is 4.39 Å². The Hall–Kier alpha value is -0.640. The molecule has 1 aliphatic heterocycles. The zero-order valence-corrected chi connectivity index (χ0v) is 9.80. The average Bonchev–Trinajstić information content (AvgIpc) is 2.33. The van der Waals surface area contributed by atoms with Gasteiger partial charge in [0.1, 0.15) is 5.82 Å². The third-order valence-corrected chi connectivity index (χ3v) is 3.40. The maximum Gasteiger partial charge on any atom is 0.141 e. The Morgan fingerprint density at radius 2 is 2.25 bits per heavy atom. The second-order valence-corrected chi connectivity index (χ2v) is 4.66. The second kappa shape index (κ2) is 5.13.